The van der Waals surface area contributed by atoms with Gasteiger partial charge in [0.1, 0.15) is 0 Å². The lowest BCUT2D eigenvalue weighted by Crippen LogP contribution is -1.79. The fourth-order valence-corrected chi connectivity index (χ4v) is 2.93. The highest BCUT2D eigenvalue weighted by molar-refractivity contribution is 9.10. The van der Waals surface area contributed by atoms with Gasteiger partial charge < -0.3 is 0 Å². The summed E-state index contributed by atoms with van der Waals surface area (Å²) in [6.07, 6.45) is 0. The molecule has 0 nitrogen and oxygen atoms in total. The maximum absolute atomic E-state index is 6.16. The highest BCUT2D eigenvalue weighted by atomic mass is 79.9. The van der Waals surface area contributed by atoms with Gasteiger partial charge in [-0.3, -0.25) is 0 Å². The van der Waals surface area contributed by atoms with E-state index < -0.39 is 0 Å². The molecule has 0 saturated heterocycles. The second-order valence-electron chi connectivity index (χ2n) is 3.92. The van der Waals surface area contributed by atoms with Crippen LogP contribution in [0, 0.1) is 0 Å². The molecule has 0 heterocycles. The van der Waals surface area contributed by atoms with E-state index in [1.54, 1.807) is 0 Å². The van der Waals surface area contributed by atoms with Crippen LogP contribution < -0.4 is 0 Å². The van der Waals surface area contributed by atoms with Crippen LogP contribution in [0.15, 0.2) is 51.4 Å². The Morgan fingerprint density at radius 2 is 1.47 bits per heavy atom. The number of fused-ring (bicyclic) bond motifs is 3. The van der Waals surface area contributed by atoms with Crippen molar-refractivity contribution in [1.82, 2.24) is 0 Å². The van der Waals surface area contributed by atoms with E-state index in [1.807, 2.05) is 6.07 Å². The van der Waals surface area contributed by atoms with E-state index in [0.717, 1.165) is 14.0 Å². The van der Waals surface area contributed by atoms with Gasteiger partial charge in [-0.25, -0.2) is 0 Å². The average molecular weight is 370 g/mol. The minimum absolute atomic E-state index is 0.743. The fraction of sp³-hybridized carbons (Fsp3) is 0. The number of hydrogen-bond acceptors (Lipinski definition) is 0. The van der Waals surface area contributed by atoms with Gasteiger partial charge in [0.2, 0.25) is 0 Å². The van der Waals surface area contributed by atoms with Crippen LogP contribution >= 0.6 is 43.5 Å². The average Bonchev–Trinajstić information content (AvgIpc) is 2.30. The third kappa shape index (κ3) is 1.99. The summed E-state index contributed by atoms with van der Waals surface area (Å²) >= 11 is 13.1. The molecule has 0 aromatic heterocycles. The minimum atomic E-state index is 0.743. The molecule has 84 valence electrons. The molecular formula is C14H7Br2Cl. The molecule has 0 spiro atoms. The third-order valence-electron chi connectivity index (χ3n) is 2.84. The zero-order valence-corrected chi connectivity index (χ0v) is 12.6. The summed E-state index contributed by atoms with van der Waals surface area (Å²) in [5, 5.41) is 5.55. The topological polar surface area (TPSA) is 0 Å². The highest BCUT2D eigenvalue weighted by Crippen LogP contribution is 2.33. The molecule has 0 N–H and O–H groups in total. The lowest BCUT2D eigenvalue weighted by molar-refractivity contribution is 1.70. The van der Waals surface area contributed by atoms with Crippen LogP contribution in [0.4, 0.5) is 0 Å². The molecule has 3 heteroatoms. The van der Waals surface area contributed by atoms with Gasteiger partial charge in [0.05, 0.1) is 5.02 Å². The Morgan fingerprint density at radius 1 is 0.765 bits per heavy atom. The summed E-state index contributed by atoms with van der Waals surface area (Å²) in [4.78, 5) is 0. The van der Waals surface area contributed by atoms with Crippen molar-refractivity contribution in [3.63, 3.8) is 0 Å². The van der Waals surface area contributed by atoms with Crippen molar-refractivity contribution in [2.24, 2.45) is 0 Å². The van der Waals surface area contributed by atoms with E-state index in [2.05, 4.69) is 68.3 Å². The molecule has 3 rings (SSSR count). The van der Waals surface area contributed by atoms with Crippen molar-refractivity contribution in [2.75, 3.05) is 0 Å². The van der Waals surface area contributed by atoms with Crippen LogP contribution in [0.3, 0.4) is 0 Å². The van der Waals surface area contributed by atoms with Crippen molar-refractivity contribution >= 4 is 65.0 Å². The predicted octanol–water partition coefficient (Wildman–Crippen LogP) is 6.17. The van der Waals surface area contributed by atoms with E-state index in [9.17, 15) is 0 Å². The summed E-state index contributed by atoms with van der Waals surface area (Å²) in [6.45, 7) is 0. The monoisotopic (exact) mass is 368 g/mol. The Labute approximate surface area is 121 Å². The molecule has 0 unspecified atom stereocenters. The maximum atomic E-state index is 6.16. The Hall–Kier alpha value is -0.570. The summed E-state index contributed by atoms with van der Waals surface area (Å²) in [6, 6.07) is 14.6. The molecule has 0 amide bonds. The Balaban J connectivity index is 2.50. The van der Waals surface area contributed by atoms with Gasteiger partial charge in [0, 0.05) is 8.95 Å². The molecular weight excluding hydrogens is 363 g/mol. The number of hydrogen-bond donors (Lipinski definition) is 0. The summed E-state index contributed by atoms with van der Waals surface area (Å²) in [7, 11) is 0. The van der Waals surface area contributed by atoms with E-state index in [4.69, 9.17) is 11.6 Å². The molecule has 3 aromatic carbocycles. The molecule has 0 radical (unpaired) electrons. The number of halogens is 3. The van der Waals surface area contributed by atoms with Gasteiger partial charge in [-0.1, -0.05) is 45.7 Å². The van der Waals surface area contributed by atoms with Gasteiger partial charge in [-0.15, -0.1) is 0 Å². The van der Waals surface area contributed by atoms with Crippen molar-refractivity contribution < 1.29 is 0 Å². The second kappa shape index (κ2) is 4.27. The molecule has 17 heavy (non-hydrogen) atoms. The van der Waals surface area contributed by atoms with Crippen molar-refractivity contribution in [3.8, 4) is 0 Å². The first-order valence-corrected chi connectivity index (χ1v) is 7.08. The summed E-state index contributed by atoms with van der Waals surface area (Å²) in [5.41, 5.74) is 0. The molecule has 0 aliphatic carbocycles. The molecule has 3 aromatic rings. The van der Waals surface area contributed by atoms with E-state index in [1.165, 1.54) is 21.5 Å². The first-order valence-electron chi connectivity index (χ1n) is 5.12. The highest BCUT2D eigenvalue weighted by Gasteiger charge is 2.04. The van der Waals surface area contributed by atoms with Crippen LogP contribution in [-0.4, -0.2) is 0 Å². The van der Waals surface area contributed by atoms with Gasteiger partial charge in [0.15, 0.2) is 0 Å². The molecule has 0 aliphatic heterocycles. The van der Waals surface area contributed by atoms with Crippen LogP contribution in [-0.2, 0) is 0 Å². The van der Waals surface area contributed by atoms with Crippen molar-refractivity contribution in [2.45, 2.75) is 0 Å². The smallest absolute Gasteiger partial charge is 0.0554 e. The Bertz CT molecular complexity index is 735. The Kier molecular flexibility index (Phi) is 2.89. The molecule has 0 saturated carbocycles. The standard InChI is InChI=1S/C14H7Br2Cl/c15-10-3-4-11-8(5-10)1-2-9-6-13(16)14(17)7-12(9)11/h1-7H. The van der Waals surface area contributed by atoms with Gasteiger partial charge in [-0.05, 0) is 61.7 Å². The minimum Gasteiger partial charge on any atom is -0.0831 e. The van der Waals surface area contributed by atoms with Gasteiger partial charge in [0.25, 0.3) is 0 Å². The lowest BCUT2D eigenvalue weighted by atomic mass is 10.0. The first kappa shape index (κ1) is 11.5. The van der Waals surface area contributed by atoms with Crippen LogP contribution in [0.5, 0.6) is 0 Å². The zero-order chi connectivity index (χ0) is 12.0. The maximum Gasteiger partial charge on any atom is 0.0554 e. The third-order valence-corrected chi connectivity index (χ3v) is 4.53. The molecule has 0 aliphatic rings. The number of rotatable bonds is 0. The first-order chi connectivity index (χ1) is 8.15. The van der Waals surface area contributed by atoms with Crippen molar-refractivity contribution in [1.29, 1.82) is 0 Å². The fourth-order valence-electron chi connectivity index (χ4n) is 2.03. The molecule has 0 fully saturated rings. The van der Waals surface area contributed by atoms with Crippen LogP contribution in [0.2, 0.25) is 5.02 Å². The van der Waals surface area contributed by atoms with E-state index in [0.29, 0.717) is 0 Å². The zero-order valence-electron chi connectivity index (χ0n) is 8.68. The van der Waals surface area contributed by atoms with Gasteiger partial charge >= 0.3 is 0 Å². The molecule has 0 atom stereocenters. The normalized spacial score (nSPS) is 11.2. The summed E-state index contributed by atoms with van der Waals surface area (Å²) < 4.78 is 2.02. The van der Waals surface area contributed by atoms with E-state index in [-0.39, 0.29) is 0 Å². The SMILES string of the molecule is Clc1cc2c(ccc3cc(Br)ccc32)cc1Br. The predicted molar refractivity (Wildman–Crippen MR) is 81.9 cm³/mol. The van der Waals surface area contributed by atoms with Crippen LogP contribution in [0.1, 0.15) is 0 Å². The second-order valence-corrected chi connectivity index (χ2v) is 6.10. The number of benzene rings is 3. The van der Waals surface area contributed by atoms with Gasteiger partial charge in [-0.2, -0.15) is 0 Å². The lowest BCUT2D eigenvalue weighted by Gasteiger charge is -2.06. The molecule has 0 bridgehead atoms. The van der Waals surface area contributed by atoms with Crippen molar-refractivity contribution in [3.05, 3.63) is 56.4 Å². The van der Waals surface area contributed by atoms with E-state index >= 15 is 0 Å². The largest absolute Gasteiger partial charge is 0.0831 e. The quantitative estimate of drug-likeness (QED) is 0.415. The Morgan fingerprint density at radius 3 is 2.24 bits per heavy atom. The van der Waals surface area contributed by atoms with Crippen LogP contribution in [0.25, 0.3) is 21.5 Å². The summed E-state index contributed by atoms with van der Waals surface area (Å²) in [5.74, 6) is 0.